The monoisotopic (exact) mass is 591 g/mol. The molecule has 2 aliphatic heterocycles. The average molecular weight is 592 g/mol. The lowest BCUT2D eigenvalue weighted by Gasteiger charge is -2.36. The van der Waals surface area contributed by atoms with Crippen LogP contribution in [-0.4, -0.2) is 63.7 Å². The number of nitrogens with one attached hydrogen (secondary N) is 2. The summed E-state index contributed by atoms with van der Waals surface area (Å²) in [5.41, 5.74) is 0. The summed E-state index contributed by atoms with van der Waals surface area (Å²) in [6.45, 7) is 5.73. The van der Waals surface area contributed by atoms with Crippen LogP contribution in [0.1, 0.15) is 34.1 Å². The van der Waals surface area contributed by atoms with Gasteiger partial charge in [-0.1, -0.05) is 31.7 Å². The standard InChI is InChI=1S/C24H32ClFN3O7PS/c1-6-18(20(31)34-15(2)3)28-37(38,36-17-10-8-7-9-11-17)33-14-24(26)21(32)23(5,25)22(35-24)29-13-12-19(30)27-16(29)4/h7-13,15,18,21-22,32H,4,6,14H2,1-3,5H3,(H,27,30)(H,28,38)/t18-,21-,22+,23+,24+,37?/m0/s1. The van der Waals surface area contributed by atoms with Gasteiger partial charge in [-0.15, -0.1) is 11.6 Å². The number of rotatable bonds is 11. The number of carbonyl (C=O) groups is 2. The van der Waals surface area contributed by atoms with E-state index >= 15 is 4.39 Å². The van der Waals surface area contributed by atoms with Crippen molar-refractivity contribution in [2.24, 2.45) is 0 Å². The van der Waals surface area contributed by atoms with E-state index < -0.39 is 54.2 Å². The van der Waals surface area contributed by atoms with Crippen molar-refractivity contribution in [3.8, 4) is 5.75 Å². The molecule has 2 aliphatic rings. The van der Waals surface area contributed by atoms with Crippen molar-refractivity contribution in [2.75, 3.05) is 6.61 Å². The predicted molar refractivity (Wildman–Crippen MR) is 143 cm³/mol. The van der Waals surface area contributed by atoms with Gasteiger partial charge in [-0.25, -0.2) is 9.48 Å². The van der Waals surface area contributed by atoms with Crippen LogP contribution in [0.4, 0.5) is 4.39 Å². The highest BCUT2D eigenvalue weighted by molar-refractivity contribution is 8.09. The minimum Gasteiger partial charge on any atom is -0.462 e. The highest BCUT2D eigenvalue weighted by Gasteiger charge is 2.64. The number of amides is 1. The van der Waals surface area contributed by atoms with Crippen molar-refractivity contribution in [3.05, 3.63) is 55.0 Å². The molecule has 6 atom stereocenters. The number of hydrogen-bond acceptors (Lipinski definition) is 9. The molecule has 1 aromatic carbocycles. The SMILES string of the molecule is C=C1NC(=O)C=CN1[C@@H]1O[C@](F)(COP(=S)(N[C@@H](CC)C(=O)OC(C)C)Oc2ccccc2)[C@@H](O)[C@@]1(C)Cl. The Bertz CT molecular complexity index is 1130. The number of ether oxygens (including phenoxy) is 2. The molecule has 38 heavy (non-hydrogen) atoms. The van der Waals surface area contributed by atoms with Crippen LogP contribution in [0.2, 0.25) is 0 Å². The molecule has 0 aromatic heterocycles. The minimum atomic E-state index is -3.64. The highest BCUT2D eigenvalue weighted by atomic mass is 35.5. The largest absolute Gasteiger partial charge is 0.462 e. The summed E-state index contributed by atoms with van der Waals surface area (Å²) < 4.78 is 38.8. The molecule has 0 saturated carbocycles. The van der Waals surface area contributed by atoms with E-state index in [0.29, 0.717) is 5.75 Å². The highest BCUT2D eigenvalue weighted by Crippen LogP contribution is 2.51. The number of aliphatic hydroxyl groups is 1. The van der Waals surface area contributed by atoms with Crippen LogP contribution in [0.15, 0.2) is 55.0 Å². The summed E-state index contributed by atoms with van der Waals surface area (Å²) >= 11 is 12.2. The lowest BCUT2D eigenvalue weighted by molar-refractivity contribution is -0.205. The van der Waals surface area contributed by atoms with Gasteiger partial charge in [0.1, 0.15) is 35.2 Å². The number of alkyl halides is 2. The second-order valence-corrected chi connectivity index (χ2v) is 13.2. The van der Waals surface area contributed by atoms with Crippen LogP contribution in [0, 0.1) is 0 Å². The summed E-state index contributed by atoms with van der Waals surface area (Å²) in [7, 11) is 0. The quantitative estimate of drug-likeness (QED) is 0.201. The molecule has 2 heterocycles. The van der Waals surface area contributed by atoms with Crippen LogP contribution < -0.4 is 14.9 Å². The number of hydrogen-bond donors (Lipinski definition) is 3. The smallest absolute Gasteiger partial charge is 0.323 e. The third-order valence-electron chi connectivity index (χ3n) is 5.71. The van der Waals surface area contributed by atoms with E-state index in [0.717, 1.165) is 0 Å². The fraction of sp³-hybridized carbons (Fsp3) is 0.500. The van der Waals surface area contributed by atoms with Crippen molar-refractivity contribution in [1.82, 2.24) is 15.3 Å². The molecule has 1 saturated heterocycles. The van der Waals surface area contributed by atoms with E-state index in [4.69, 9.17) is 41.9 Å². The minimum absolute atomic E-state index is 0.0837. The van der Waals surface area contributed by atoms with E-state index in [9.17, 15) is 14.7 Å². The molecule has 3 rings (SSSR count). The van der Waals surface area contributed by atoms with Gasteiger partial charge in [0.05, 0.1) is 6.10 Å². The Morgan fingerprint density at radius 2 is 2.08 bits per heavy atom. The van der Waals surface area contributed by atoms with E-state index in [1.807, 2.05) is 0 Å². The Hall–Kier alpha value is -2.05. The molecule has 10 nitrogen and oxygen atoms in total. The van der Waals surface area contributed by atoms with Crippen LogP contribution in [0.3, 0.4) is 0 Å². The van der Waals surface area contributed by atoms with Crippen LogP contribution in [0.5, 0.6) is 5.75 Å². The molecule has 0 radical (unpaired) electrons. The second kappa shape index (κ2) is 12.0. The molecule has 0 bridgehead atoms. The first-order valence-corrected chi connectivity index (χ1v) is 14.9. The van der Waals surface area contributed by atoms with Gasteiger partial charge in [0, 0.05) is 12.3 Å². The first kappa shape index (κ1) is 30.5. The zero-order valence-electron chi connectivity index (χ0n) is 21.4. The maximum atomic E-state index is 16.2. The Labute approximate surface area is 231 Å². The van der Waals surface area contributed by atoms with E-state index in [2.05, 4.69) is 17.0 Å². The Morgan fingerprint density at radius 3 is 2.66 bits per heavy atom. The van der Waals surface area contributed by atoms with Gasteiger partial charge in [0.15, 0.2) is 6.23 Å². The number of esters is 1. The van der Waals surface area contributed by atoms with Crippen molar-refractivity contribution in [1.29, 1.82) is 0 Å². The zero-order valence-corrected chi connectivity index (χ0v) is 23.9. The van der Waals surface area contributed by atoms with Crippen LogP contribution in [0.25, 0.3) is 0 Å². The second-order valence-electron chi connectivity index (χ2n) is 9.22. The molecule has 3 N–H and O–H groups in total. The molecule has 14 heteroatoms. The molecule has 0 spiro atoms. The molecule has 1 unspecified atom stereocenters. The van der Waals surface area contributed by atoms with Gasteiger partial charge >= 0.3 is 12.6 Å². The van der Waals surface area contributed by atoms with Gasteiger partial charge in [-0.05, 0) is 51.1 Å². The fourth-order valence-electron chi connectivity index (χ4n) is 3.77. The molecule has 1 amide bonds. The number of para-hydroxylation sites is 1. The number of benzene rings is 1. The van der Waals surface area contributed by atoms with E-state index in [1.165, 1.54) is 24.1 Å². The van der Waals surface area contributed by atoms with Crippen LogP contribution in [-0.2, 0) is 35.4 Å². The zero-order chi connectivity index (χ0) is 28.3. The molecule has 0 aliphatic carbocycles. The average Bonchev–Trinajstić information content (AvgIpc) is 3.02. The van der Waals surface area contributed by atoms with E-state index in [1.54, 1.807) is 51.1 Å². The van der Waals surface area contributed by atoms with Crippen molar-refractivity contribution >= 4 is 41.9 Å². The van der Waals surface area contributed by atoms with Gasteiger partial charge < -0.3 is 33.8 Å². The molecule has 210 valence electrons. The topological polar surface area (TPSA) is 119 Å². The fourth-order valence-corrected chi connectivity index (χ4v) is 6.47. The number of halogens is 2. The van der Waals surface area contributed by atoms with Crippen LogP contribution >= 0.6 is 18.2 Å². The first-order chi connectivity index (χ1) is 17.7. The molecule has 1 aromatic rings. The van der Waals surface area contributed by atoms with Gasteiger partial charge in [-0.2, -0.15) is 0 Å². The van der Waals surface area contributed by atoms with Gasteiger partial charge in [-0.3, -0.25) is 9.59 Å². The Kier molecular flexibility index (Phi) is 9.63. The summed E-state index contributed by atoms with van der Waals surface area (Å²) in [5.74, 6) is -3.44. The molecular weight excluding hydrogens is 560 g/mol. The normalized spacial score (nSPS) is 29.6. The van der Waals surface area contributed by atoms with E-state index in [-0.39, 0.29) is 18.3 Å². The summed E-state index contributed by atoms with van der Waals surface area (Å²) in [4.78, 5) is 23.8. The number of nitrogens with zero attached hydrogens (tertiary/aromatic N) is 1. The molecule has 1 fully saturated rings. The number of carbonyl (C=O) groups excluding carboxylic acids is 2. The Morgan fingerprint density at radius 1 is 1.42 bits per heavy atom. The summed E-state index contributed by atoms with van der Waals surface area (Å²) in [6.07, 6.45) is -0.754. The third-order valence-corrected chi connectivity index (χ3v) is 8.51. The summed E-state index contributed by atoms with van der Waals surface area (Å²) in [5, 5.41) is 16.2. The lowest BCUT2D eigenvalue weighted by atomic mass is 9.99. The third kappa shape index (κ3) is 6.93. The van der Waals surface area contributed by atoms with Crippen molar-refractivity contribution in [2.45, 2.75) is 69.3 Å². The Balaban J connectivity index is 1.84. The maximum Gasteiger partial charge on any atom is 0.323 e. The lowest BCUT2D eigenvalue weighted by Crippen LogP contribution is -2.51. The predicted octanol–water partition coefficient (Wildman–Crippen LogP) is 3.42. The van der Waals surface area contributed by atoms with Gasteiger partial charge in [0.25, 0.3) is 11.8 Å². The molecular formula is C24H32ClFN3O7PS. The summed E-state index contributed by atoms with van der Waals surface area (Å²) in [6, 6.07) is 7.53. The number of aliphatic hydroxyl groups excluding tert-OH is 1. The van der Waals surface area contributed by atoms with Gasteiger partial charge in [0.2, 0.25) is 0 Å². The first-order valence-electron chi connectivity index (χ1n) is 11.9. The van der Waals surface area contributed by atoms with Crippen molar-refractivity contribution < 1.29 is 37.6 Å². The van der Waals surface area contributed by atoms with Crippen molar-refractivity contribution in [3.63, 3.8) is 0 Å². The maximum absolute atomic E-state index is 16.2.